The highest BCUT2D eigenvalue weighted by atomic mass is 16.5. The molecule has 0 aliphatic heterocycles. The van der Waals surface area contributed by atoms with Crippen LogP contribution in [0.4, 0.5) is 10.5 Å². The molecule has 0 spiro atoms. The van der Waals surface area contributed by atoms with Crippen molar-refractivity contribution in [1.29, 1.82) is 0 Å². The SMILES string of the molecule is CCc1cccc(CC)c1NC(=O)N/C=C/c1cccc(OC)c1. The van der Waals surface area contributed by atoms with E-state index in [0.717, 1.165) is 41.0 Å². The number of para-hydroxylation sites is 1. The summed E-state index contributed by atoms with van der Waals surface area (Å²) in [5.74, 6) is 0.783. The van der Waals surface area contributed by atoms with E-state index in [9.17, 15) is 4.79 Å². The van der Waals surface area contributed by atoms with Crippen LogP contribution in [0.2, 0.25) is 0 Å². The first-order chi connectivity index (χ1) is 11.7. The topological polar surface area (TPSA) is 50.4 Å². The minimum absolute atomic E-state index is 0.246. The molecule has 4 heteroatoms. The molecule has 0 fully saturated rings. The summed E-state index contributed by atoms with van der Waals surface area (Å²) >= 11 is 0. The van der Waals surface area contributed by atoms with Crippen molar-refractivity contribution in [3.8, 4) is 5.75 Å². The third-order valence-corrected chi connectivity index (χ3v) is 3.82. The van der Waals surface area contributed by atoms with Crippen molar-refractivity contribution in [2.45, 2.75) is 26.7 Å². The highest BCUT2D eigenvalue weighted by molar-refractivity contribution is 5.92. The Labute approximate surface area is 143 Å². The standard InChI is InChI=1S/C20H24N2O2/c1-4-16-9-7-10-17(5-2)19(16)22-20(23)21-13-12-15-8-6-11-18(14-15)24-3/h6-14H,4-5H2,1-3H3,(H2,21,22,23)/b13-12+. The molecular weight excluding hydrogens is 300 g/mol. The van der Waals surface area contributed by atoms with Crippen LogP contribution in [-0.2, 0) is 12.8 Å². The maximum absolute atomic E-state index is 12.2. The van der Waals surface area contributed by atoms with Crippen molar-refractivity contribution in [2.75, 3.05) is 12.4 Å². The van der Waals surface area contributed by atoms with Crippen molar-refractivity contribution < 1.29 is 9.53 Å². The highest BCUT2D eigenvalue weighted by Crippen LogP contribution is 2.22. The summed E-state index contributed by atoms with van der Waals surface area (Å²) in [7, 11) is 1.63. The van der Waals surface area contributed by atoms with Gasteiger partial charge in [0.1, 0.15) is 5.75 Å². The lowest BCUT2D eigenvalue weighted by atomic mass is 10.0. The first-order valence-electron chi connectivity index (χ1n) is 8.16. The number of anilines is 1. The summed E-state index contributed by atoms with van der Waals surface area (Å²) in [6.45, 7) is 4.17. The molecule has 2 rings (SSSR count). The van der Waals surface area contributed by atoms with Gasteiger partial charge in [-0.3, -0.25) is 0 Å². The van der Waals surface area contributed by atoms with Gasteiger partial charge in [-0.1, -0.05) is 44.2 Å². The number of carbonyl (C=O) groups excluding carboxylic acids is 1. The first-order valence-corrected chi connectivity index (χ1v) is 8.16. The lowest BCUT2D eigenvalue weighted by molar-refractivity contribution is 0.255. The molecule has 0 unspecified atom stereocenters. The smallest absolute Gasteiger partial charge is 0.323 e. The molecule has 0 radical (unpaired) electrons. The monoisotopic (exact) mass is 324 g/mol. The summed E-state index contributed by atoms with van der Waals surface area (Å²) < 4.78 is 5.18. The number of ether oxygens (including phenoxy) is 1. The molecule has 4 nitrogen and oxygen atoms in total. The largest absolute Gasteiger partial charge is 0.497 e. The Morgan fingerprint density at radius 3 is 2.38 bits per heavy atom. The van der Waals surface area contributed by atoms with E-state index >= 15 is 0 Å². The van der Waals surface area contributed by atoms with Crippen molar-refractivity contribution >= 4 is 17.8 Å². The molecule has 0 atom stereocenters. The van der Waals surface area contributed by atoms with E-state index < -0.39 is 0 Å². The second-order valence-corrected chi connectivity index (χ2v) is 5.37. The molecule has 0 heterocycles. The maximum Gasteiger partial charge on any atom is 0.323 e. The summed E-state index contributed by atoms with van der Waals surface area (Å²) in [5, 5.41) is 5.71. The molecule has 0 aromatic heterocycles. The van der Waals surface area contributed by atoms with Crippen LogP contribution in [-0.4, -0.2) is 13.1 Å². The van der Waals surface area contributed by atoms with Crippen LogP contribution in [0.25, 0.3) is 6.08 Å². The molecule has 0 aliphatic carbocycles. The minimum atomic E-state index is -0.246. The van der Waals surface area contributed by atoms with Crippen molar-refractivity contribution in [1.82, 2.24) is 5.32 Å². The van der Waals surface area contributed by atoms with E-state index in [1.165, 1.54) is 0 Å². The van der Waals surface area contributed by atoms with Gasteiger partial charge in [0.15, 0.2) is 0 Å². The molecule has 0 bridgehead atoms. The van der Waals surface area contributed by atoms with Crippen LogP contribution in [0.15, 0.2) is 48.7 Å². The molecular formula is C20H24N2O2. The van der Waals surface area contributed by atoms with Gasteiger partial charge in [0.2, 0.25) is 0 Å². The quantitative estimate of drug-likeness (QED) is 0.815. The predicted octanol–water partition coefficient (Wildman–Crippen LogP) is 4.61. The van der Waals surface area contributed by atoms with Gasteiger partial charge in [-0.2, -0.15) is 0 Å². The fraction of sp³-hybridized carbons (Fsp3) is 0.250. The number of carbonyl (C=O) groups is 1. The number of rotatable bonds is 6. The lowest BCUT2D eigenvalue weighted by Gasteiger charge is -2.14. The Bertz CT molecular complexity index is 701. The number of aryl methyl sites for hydroxylation is 2. The van der Waals surface area contributed by atoms with Crippen molar-refractivity contribution in [2.24, 2.45) is 0 Å². The minimum Gasteiger partial charge on any atom is -0.497 e. The fourth-order valence-corrected chi connectivity index (χ4v) is 2.51. The fourth-order valence-electron chi connectivity index (χ4n) is 2.51. The van der Waals surface area contributed by atoms with Crippen LogP contribution in [0.5, 0.6) is 5.75 Å². The lowest BCUT2D eigenvalue weighted by Crippen LogP contribution is -2.25. The van der Waals surface area contributed by atoms with Gasteiger partial charge in [0.05, 0.1) is 7.11 Å². The Balaban J connectivity index is 2.02. The molecule has 2 aromatic rings. The zero-order valence-corrected chi connectivity index (χ0v) is 14.4. The van der Waals surface area contributed by atoms with Gasteiger partial charge in [-0.25, -0.2) is 4.79 Å². The summed E-state index contributed by atoms with van der Waals surface area (Å²) in [4.78, 5) is 12.2. The molecule has 0 saturated carbocycles. The number of hydrogen-bond donors (Lipinski definition) is 2. The highest BCUT2D eigenvalue weighted by Gasteiger charge is 2.08. The molecule has 126 valence electrons. The van der Waals surface area contributed by atoms with Crippen LogP contribution in [0.1, 0.15) is 30.5 Å². The van der Waals surface area contributed by atoms with Gasteiger partial charge in [0, 0.05) is 11.9 Å². The van der Waals surface area contributed by atoms with Crippen LogP contribution in [0.3, 0.4) is 0 Å². The van der Waals surface area contributed by atoms with Crippen molar-refractivity contribution in [3.63, 3.8) is 0 Å². The predicted molar refractivity (Wildman–Crippen MR) is 99.4 cm³/mol. The number of hydrogen-bond acceptors (Lipinski definition) is 2. The number of methoxy groups -OCH3 is 1. The van der Waals surface area contributed by atoms with Gasteiger partial charge in [-0.15, -0.1) is 0 Å². The third kappa shape index (κ3) is 4.62. The Morgan fingerprint density at radius 2 is 1.75 bits per heavy atom. The van der Waals surface area contributed by atoms with E-state index in [2.05, 4.69) is 24.5 Å². The number of urea groups is 1. The van der Waals surface area contributed by atoms with Crippen LogP contribution < -0.4 is 15.4 Å². The van der Waals surface area contributed by atoms with E-state index in [-0.39, 0.29) is 6.03 Å². The second kappa shape index (κ2) is 8.77. The third-order valence-electron chi connectivity index (χ3n) is 3.82. The summed E-state index contributed by atoms with van der Waals surface area (Å²) in [5.41, 5.74) is 4.15. The normalized spacial score (nSPS) is 10.6. The summed E-state index contributed by atoms with van der Waals surface area (Å²) in [6.07, 6.45) is 5.21. The second-order valence-electron chi connectivity index (χ2n) is 5.37. The molecule has 24 heavy (non-hydrogen) atoms. The van der Waals surface area contributed by atoms with E-state index in [1.54, 1.807) is 13.3 Å². The maximum atomic E-state index is 12.2. The van der Waals surface area contributed by atoms with Gasteiger partial charge in [0.25, 0.3) is 0 Å². The molecule has 0 saturated heterocycles. The van der Waals surface area contributed by atoms with Gasteiger partial charge < -0.3 is 15.4 Å². The average Bonchev–Trinajstić information content (AvgIpc) is 2.62. The van der Waals surface area contributed by atoms with Gasteiger partial charge >= 0.3 is 6.03 Å². The average molecular weight is 324 g/mol. The molecule has 2 amide bonds. The Kier molecular flexibility index (Phi) is 6.43. The van der Waals surface area contributed by atoms with E-state index in [1.807, 2.05) is 48.5 Å². The number of amides is 2. The van der Waals surface area contributed by atoms with Gasteiger partial charge in [-0.05, 0) is 47.7 Å². The molecule has 0 aliphatic rings. The molecule has 2 aromatic carbocycles. The Morgan fingerprint density at radius 1 is 1.08 bits per heavy atom. The molecule has 2 N–H and O–H groups in total. The van der Waals surface area contributed by atoms with Crippen LogP contribution in [0, 0.1) is 0 Å². The summed E-state index contributed by atoms with van der Waals surface area (Å²) in [6, 6.07) is 13.5. The van der Waals surface area contributed by atoms with E-state index in [0.29, 0.717) is 0 Å². The van der Waals surface area contributed by atoms with E-state index in [4.69, 9.17) is 4.74 Å². The zero-order valence-electron chi connectivity index (χ0n) is 14.4. The zero-order chi connectivity index (χ0) is 17.4. The van der Waals surface area contributed by atoms with Crippen LogP contribution >= 0.6 is 0 Å². The Hall–Kier alpha value is -2.75. The van der Waals surface area contributed by atoms with Crippen molar-refractivity contribution in [3.05, 3.63) is 65.4 Å². The number of benzene rings is 2. The first kappa shape index (κ1) is 17.6. The number of nitrogens with one attached hydrogen (secondary N) is 2.